The third-order valence-electron chi connectivity index (χ3n) is 6.81. The van der Waals surface area contributed by atoms with Crippen LogP contribution in [0.4, 0.5) is 16.0 Å². The lowest BCUT2D eigenvalue weighted by molar-refractivity contribution is -0.164. The van der Waals surface area contributed by atoms with Gasteiger partial charge in [0.2, 0.25) is 19.5 Å². The van der Waals surface area contributed by atoms with Gasteiger partial charge in [0, 0.05) is 12.1 Å². The summed E-state index contributed by atoms with van der Waals surface area (Å²) in [5.41, 5.74) is 1.66. The van der Waals surface area contributed by atoms with Crippen LogP contribution in [0.3, 0.4) is 0 Å². The SMILES string of the molecule is C=C[C@]1(COP(=O)(OCOC(=O)C(C)(C)C)OCOC(=O)C(C)(C)C)O[C@@H](C2C=Nc3c(nc(N)[nH]c3=O)CC2)[C@H](F)[C@@H]1O. The molecule has 0 spiro atoms. The number of H-pyrrole nitrogens is 1. The number of carbonyl (C=O) groups is 2. The van der Waals surface area contributed by atoms with E-state index in [9.17, 15) is 24.1 Å². The maximum Gasteiger partial charge on any atom is 0.480 e. The molecule has 2 aliphatic heterocycles. The summed E-state index contributed by atoms with van der Waals surface area (Å²) in [4.78, 5) is 47.1. The Morgan fingerprint density at radius 2 is 1.75 bits per heavy atom. The molecule has 246 valence electrons. The minimum atomic E-state index is -4.70. The standard InChI is InChI=1S/C27H40FN4O11P/c1-8-27(12-40-44(37,41-13-38-22(35)25(2,3)4)42-14-39-23(36)26(5,6)7)20(33)17(28)19(43-27)15-9-10-16-18(30-11-15)21(34)32-24(29)31-16/h8,11,15,17,19-20,33H,1,9-10,12-14H2,2-7H3,(H3,29,31,32,34)/t15?,17-,19-,20-,27+/m0/s1. The fraction of sp³-hybridized carbons (Fsp3) is 0.667. The average Bonchev–Trinajstić information content (AvgIpc) is 3.04. The van der Waals surface area contributed by atoms with Gasteiger partial charge in [-0.1, -0.05) is 6.08 Å². The molecule has 0 bridgehead atoms. The van der Waals surface area contributed by atoms with Gasteiger partial charge in [-0.2, -0.15) is 0 Å². The molecule has 4 N–H and O–H groups in total. The zero-order valence-corrected chi connectivity index (χ0v) is 26.4. The van der Waals surface area contributed by atoms with Gasteiger partial charge in [-0.3, -0.25) is 28.9 Å². The predicted octanol–water partition coefficient (Wildman–Crippen LogP) is 2.89. The summed E-state index contributed by atoms with van der Waals surface area (Å²) in [6, 6.07) is 0. The van der Waals surface area contributed by atoms with E-state index in [1.165, 1.54) is 6.21 Å². The molecule has 2 aliphatic rings. The van der Waals surface area contributed by atoms with Crippen LogP contribution in [0, 0.1) is 16.7 Å². The number of alkyl halides is 1. The van der Waals surface area contributed by atoms with Gasteiger partial charge < -0.3 is 25.1 Å². The van der Waals surface area contributed by atoms with Crippen LogP contribution in [0.5, 0.6) is 0 Å². The molecule has 3 rings (SSSR count). The van der Waals surface area contributed by atoms with Crippen molar-refractivity contribution in [2.45, 2.75) is 78.4 Å². The monoisotopic (exact) mass is 646 g/mol. The van der Waals surface area contributed by atoms with E-state index in [-0.39, 0.29) is 24.5 Å². The molecule has 1 aromatic rings. The summed E-state index contributed by atoms with van der Waals surface area (Å²) < 4.78 is 60.7. The molecule has 17 heteroatoms. The quantitative estimate of drug-likeness (QED) is 0.137. The van der Waals surface area contributed by atoms with E-state index in [0.717, 1.165) is 6.08 Å². The Bertz CT molecular complexity index is 1340. The minimum Gasteiger partial charge on any atom is -0.437 e. The third kappa shape index (κ3) is 8.37. The number of ether oxygens (including phenoxy) is 3. The number of aliphatic hydroxyl groups is 1. The fourth-order valence-corrected chi connectivity index (χ4v) is 5.11. The minimum absolute atomic E-state index is 0.0310. The van der Waals surface area contributed by atoms with Gasteiger partial charge >= 0.3 is 19.8 Å². The maximum absolute atomic E-state index is 15.6. The number of nitrogen functional groups attached to an aromatic ring is 1. The number of phosphoric ester groups is 1. The predicted molar refractivity (Wildman–Crippen MR) is 154 cm³/mol. The molecule has 1 fully saturated rings. The molecule has 0 radical (unpaired) electrons. The Balaban J connectivity index is 1.76. The lowest BCUT2D eigenvalue weighted by atomic mass is 9.91. The van der Waals surface area contributed by atoms with Gasteiger partial charge in [-0.15, -0.1) is 6.58 Å². The Kier molecular flexibility index (Phi) is 10.9. The van der Waals surface area contributed by atoms with Crippen LogP contribution >= 0.6 is 7.82 Å². The molecule has 0 aliphatic carbocycles. The molecule has 0 amide bonds. The first-order valence-corrected chi connectivity index (χ1v) is 15.2. The van der Waals surface area contributed by atoms with Crippen molar-refractivity contribution < 1.29 is 51.4 Å². The van der Waals surface area contributed by atoms with E-state index >= 15 is 4.39 Å². The summed E-state index contributed by atoms with van der Waals surface area (Å²) in [5.74, 6) is -2.19. The van der Waals surface area contributed by atoms with Crippen LogP contribution in [-0.2, 0) is 48.4 Å². The van der Waals surface area contributed by atoms with Crippen molar-refractivity contribution in [3.63, 3.8) is 0 Å². The number of nitrogens with one attached hydrogen (secondary N) is 1. The van der Waals surface area contributed by atoms with Gasteiger partial charge in [0.15, 0.2) is 6.17 Å². The van der Waals surface area contributed by atoms with Gasteiger partial charge in [-0.25, -0.2) is 23.0 Å². The number of nitrogens with zero attached hydrogens (tertiary/aromatic N) is 2. The molecule has 1 unspecified atom stereocenters. The summed E-state index contributed by atoms with van der Waals surface area (Å²) >= 11 is 0. The number of hydrogen-bond acceptors (Lipinski definition) is 14. The number of aliphatic hydroxyl groups excluding tert-OH is 1. The van der Waals surface area contributed by atoms with Crippen molar-refractivity contribution in [1.82, 2.24) is 9.97 Å². The number of halogens is 1. The Morgan fingerprint density at radius 3 is 2.27 bits per heavy atom. The van der Waals surface area contributed by atoms with Crippen molar-refractivity contribution in [2.75, 3.05) is 25.9 Å². The van der Waals surface area contributed by atoms with Crippen molar-refractivity contribution in [3.8, 4) is 0 Å². The van der Waals surface area contributed by atoms with Crippen LogP contribution < -0.4 is 11.3 Å². The number of rotatable bonds is 11. The van der Waals surface area contributed by atoms with Crippen LogP contribution in [0.1, 0.15) is 53.7 Å². The van der Waals surface area contributed by atoms with E-state index in [1.54, 1.807) is 41.5 Å². The Morgan fingerprint density at radius 1 is 1.18 bits per heavy atom. The first kappa shape index (κ1) is 35.5. The Labute approximate surface area is 253 Å². The average molecular weight is 647 g/mol. The molecule has 44 heavy (non-hydrogen) atoms. The number of phosphoric acid groups is 1. The summed E-state index contributed by atoms with van der Waals surface area (Å²) in [5, 5.41) is 10.9. The molecule has 1 aromatic heterocycles. The number of aromatic amines is 1. The number of hydrogen-bond donors (Lipinski definition) is 3. The molecule has 0 aromatic carbocycles. The highest BCUT2D eigenvalue weighted by molar-refractivity contribution is 7.48. The van der Waals surface area contributed by atoms with Gasteiger partial charge in [0.1, 0.15) is 23.5 Å². The molecular weight excluding hydrogens is 606 g/mol. The van der Waals surface area contributed by atoms with E-state index in [1.807, 2.05) is 0 Å². The zero-order chi connectivity index (χ0) is 33.1. The highest BCUT2D eigenvalue weighted by atomic mass is 31.2. The maximum atomic E-state index is 15.6. The second kappa shape index (κ2) is 13.5. The molecule has 3 heterocycles. The number of carbonyl (C=O) groups excluding carboxylic acids is 2. The van der Waals surface area contributed by atoms with Crippen LogP contribution in [0.2, 0.25) is 0 Å². The number of nitrogens with two attached hydrogens (primary N) is 1. The second-order valence-electron chi connectivity index (χ2n) is 12.4. The normalized spacial score (nSPS) is 25.6. The first-order valence-electron chi connectivity index (χ1n) is 13.8. The first-order chi connectivity index (χ1) is 20.3. The molecule has 5 atom stereocenters. The van der Waals surface area contributed by atoms with E-state index in [2.05, 4.69) is 21.5 Å². The number of fused-ring (bicyclic) bond motifs is 1. The summed E-state index contributed by atoms with van der Waals surface area (Å²) in [7, 11) is -4.70. The largest absolute Gasteiger partial charge is 0.480 e. The third-order valence-corrected chi connectivity index (χ3v) is 8.10. The van der Waals surface area contributed by atoms with Crippen LogP contribution in [0.25, 0.3) is 0 Å². The van der Waals surface area contributed by atoms with E-state index < -0.39 is 86.2 Å². The van der Waals surface area contributed by atoms with Crippen LogP contribution in [0.15, 0.2) is 22.4 Å². The number of aromatic nitrogens is 2. The Hall–Kier alpha value is -3.01. The molecule has 0 saturated carbocycles. The number of aryl methyl sites for hydroxylation is 1. The van der Waals surface area contributed by atoms with E-state index in [4.69, 9.17) is 33.5 Å². The van der Waals surface area contributed by atoms with Crippen molar-refractivity contribution in [3.05, 3.63) is 28.7 Å². The van der Waals surface area contributed by atoms with Crippen molar-refractivity contribution in [1.29, 1.82) is 0 Å². The lowest BCUT2D eigenvalue weighted by Crippen LogP contribution is -2.44. The van der Waals surface area contributed by atoms with Crippen molar-refractivity contribution in [2.24, 2.45) is 21.7 Å². The summed E-state index contributed by atoms with van der Waals surface area (Å²) in [6.45, 7) is 10.6. The highest BCUT2D eigenvalue weighted by Crippen LogP contribution is 2.52. The molecular formula is C27H40FN4O11P. The number of aliphatic imine (C=N–C) groups is 1. The zero-order valence-electron chi connectivity index (χ0n) is 25.5. The van der Waals surface area contributed by atoms with Gasteiger partial charge in [0.05, 0.1) is 23.1 Å². The summed E-state index contributed by atoms with van der Waals surface area (Å²) in [6.07, 6.45) is -2.26. The fourth-order valence-electron chi connectivity index (χ4n) is 4.16. The number of anilines is 1. The molecule has 1 saturated heterocycles. The highest BCUT2D eigenvalue weighted by Gasteiger charge is 2.56. The number of esters is 2. The van der Waals surface area contributed by atoms with E-state index in [0.29, 0.717) is 5.69 Å². The lowest BCUT2D eigenvalue weighted by Gasteiger charge is -2.30. The topological polar surface area (TPSA) is 211 Å². The van der Waals surface area contributed by atoms with Gasteiger partial charge in [-0.05, 0) is 54.4 Å². The second-order valence-corrected chi connectivity index (χ2v) is 14.1. The van der Waals surface area contributed by atoms with Crippen molar-refractivity contribution >= 4 is 37.6 Å². The van der Waals surface area contributed by atoms with Gasteiger partial charge in [0.25, 0.3) is 5.56 Å². The smallest absolute Gasteiger partial charge is 0.437 e. The van der Waals surface area contributed by atoms with Crippen LogP contribution in [-0.4, -0.2) is 77.4 Å². The molecule has 15 nitrogen and oxygen atoms in total.